The third-order valence-corrected chi connectivity index (χ3v) is 8.90. The van der Waals surface area contributed by atoms with Gasteiger partial charge in [0.15, 0.2) is 0 Å². The first-order valence-corrected chi connectivity index (χ1v) is 15.5. The topological polar surface area (TPSA) is 133 Å². The Morgan fingerprint density at radius 3 is 2.39 bits per heavy atom. The molecule has 2 aliphatic heterocycles. The number of benzene rings is 2. The summed E-state index contributed by atoms with van der Waals surface area (Å²) < 4.78 is 17.8. The largest absolute Gasteiger partial charge is 0.497 e. The van der Waals surface area contributed by atoms with Crippen LogP contribution in [-0.2, 0) is 19.1 Å². The number of carbonyl (C=O) groups is 3. The molecule has 1 saturated carbocycles. The van der Waals surface area contributed by atoms with Crippen molar-refractivity contribution < 1.29 is 28.6 Å². The van der Waals surface area contributed by atoms with Gasteiger partial charge in [-0.15, -0.1) is 0 Å². The molecule has 10 heteroatoms. The van der Waals surface area contributed by atoms with Crippen LogP contribution in [0.25, 0.3) is 0 Å². The Morgan fingerprint density at radius 2 is 1.75 bits per heavy atom. The molecule has 2 aromatic rings. The summed E-state index contributed by atoms with van der Waals surface area (Å²) in [5.74, 6) is -0.431. The summed E-state index contributed by atoms with van der Waals surface area (Å²) in [6, 6.07) is 13.9. The highest BCUT2D eigenvalue weighted by Crippen LogP contribution is 2.43. The molecule has 3 N–H and O–H groups in total. The lowest BCUT2D eigenvalue weighted by Crippen LogP contribution is -2.57. The molecular formula is C34H44N4O6. The minimum atomic E-state index is -0.921. The number of carbonyl (C=O) groups excluding carboxylic acids is 3. The number of hydrogen-bond donors (Lipinski definition) is 2. The van der Waals surface area contributed by atoms with Crippen LogP contribution in [0.5, 0.6) is 5.75 Å². The monoisotopic (exact) mass is 604 g/mol. The summed E-state index contributed by atoms with van der Waals surface area (Å²) in [7, 11) is 1.62. The zero-order valence-electron chi connectivity index (χ0n) is 26.2. The summed E-state index contributed by atoms with van der Waals surface area (Å²) in [4.78, 5) is 46.0. The number of alkyl carbamates (subject to hydrolysis) is 1. The van der Waals surface area contributed by atoms with E-state index in [0.717, 1.165) is 48.2 Å². The van der Waals surface area contributed by atoms with Gasteiger partial charge in [0, 0.05) is 30.5 Å². The number of hydrogen-bond acceptors (Lipinski definition) is 7. The summed E-state index contributed by atoms with van der Waals surface area (Å²) in [5, 5.41) is 2.80. The van der Waals surface area contributed by atoms with E-state index in [2.05, 4.69) is 12.2 Å². The van der Waals surface area contributed by atoms with Gasteiger partial charge in [-0.25, -0.2) is 4.79 Å². The van der Waals surface area contributed by atoms with E-state index in [0.29, 0.717) is 5.75 Å². The van der Waals surface area contributed by atoms with Crippen molar-refractivity contribution in [1.29, 1.82) is 0 Å². The number of rotatable bonds is 8. The molecule has 2 aromatic carbocycles. The Balaban J connectivity index is 1.38. The first kappa shape index (κ1) is 31.5. The van der Waals surface area contributed by atoms with Crippen LogP contribution in [0.15, 0.2) is 53.5 Å². The molecule has 0 bridgehead atoms. The number of likely N-dealkylation sites (tertiary alicyclic amines) is 1. The molecule has 44 heavy (non-hydrogen) atoms. The third kappa shape index (κ3) is 6.75. The first-order valence-electron chi connectivity index (χ1n) is 15.5. The lowest BCUT2D eigenvalue weighted by Gasteiger charge is -2.35. The molecule has 0 radical (unpaired) electrons. The number of nitrogens with two attached hydrogens (primary N) is 1. The van der Waals surface area contributed by atoms with Crippen molar-refractivity contribution in [2.24, 2.45) is 22.1 Å². The smallest absolute Gasteiger partial charge is 0.408 e. The Morgan fingerprint density at radius 1 is 1.05 bits per heavy atom. The third-order valence-electron chi connectivity index (χ3n) is 8.90. The first-order chi connectivity index (χ1) is 21.0. The highest BCUT2D eigenvalue weighted by Gasteiger charge is 2.46. The van der Waals surface area contributed by atoms with Crippen LogP contribution in [-0.4, -0.2) is 66.5 Å². The van der Waals surface area contributed by atoms with E-state index in [1.54, 1.807) is 7.11 Å². The van der Waals surface area contributed by atoms with Gasteiger partial charge in [0.2, 0.25) is 11.8 Å². The normalized spacial score (nSPS) is 24.3. The van der Waals surface area contributed by atoms with Gasteiger partial charge >= 0.3 is 6.09 Å². The predicted molar refractivity (Wildman–Crippen MR) is 167 cm³/mol. The number of nitrogens with zero attached hydrogens (tertiary/aromatic N) is 2. The van der Waals surface area contributed by atoms with Crippen LogP contribution in [0.2, 0.25) is 0 Å². The lowest BCUT2D eigenvalue weighted by atomic mass is 9.85. The van der Waals surface area contributed by atoms with Crippen LogP contribution in [0.4, 0.5) is 10.5 Å². The standard InChI is InChI=1S/C34H44N4O6/c1-20-28(21-11-7-6-8-12-21)36-26-17-23(42-5)15-16-25(26)29(20)43-24-18-27(31(35)39)38(19-24)32(40)30(34(2,3)4)37-33(41)44-22-13-9-10-14-22/h6-8,11-12,15-17,20,22,24,27,29-30H,9-10,13-14,18-19H2,1-5H3,(H2,35,39)(H,37,41)/t20?,24?,27-,29?,30+/m0/s1. The molecule has 3 amide bonds. The van der Waals surface area contributed by atoms with Crippen molar-refractivity contribution in [3.63, 3.8) is 0 Å². The van der Waals surface area contributed by atoms with Gasteiger partial charge in [0.1, 0.15) is 23.9 Å². The van der Waals surface area contributed by atoms with Gasteiger partial charge in [-0.1, -0.05) is 64.1 Å². The highest BCUT2D eigenvalue weighted by atomic mass is 16.6. The summed E-state index contributed by atoms with van der Waals surface area (Å²) >= 11 is 0. The summed E-state index contributed by atoms with van der Waals surface area (Å²) in [6.45, 7) is 7.84. The maximum atomic E-state index is 14.0. The van der Waals surface area contributed by atoms with Crippen molar-refractivity contribution in [2.45, 2.75) is 90.2 Å². The Labute approximate surface area is 259 Å². The van der Waals surface area contributed by atoms with Crippen LogP contribution in [0, 0.1) is 11.3 Å². The van der Waals surface area contributed by atoms with E-state index in [1.165, 1.54) is 4.90 Å². The van der Waals surface area contributed by atoms with Gasteiger partial charge < -0.3 is 30.2 Å². The van der Waals surface area contributed by atoms with Crippen LogP contribution in [0.3, 0.4) is 0 Å². The molecule has 1 aliphatic carbocycles. The van der Waals surface area contributed by atoms with Crippen molar-refractivity contribution in [2.75, 3.05) is 13.7 Å². The molecule has 236 valence electrons. The minimum Gasteiger partial charge on any atom is -0.497 e. The van der Waals surface area contributed by atoms with E-state index in [9.17, 15) is 14.4 Å². The molecule has 10 nitrogen and oxygen atoms in total. The molecule has 2 heterocycles. The van der Waals surface area contributed by atoms with E-state index >= 15 is 0 Å². The van der Waals surface area contributed by atoms with E-state index in [1.807, 2.05) is 69.3 Å². The molecule has 2 fully saturated rings. The number of ether oxygens (including phenoxy) is 3. The minimum absolute atomic E-state index is 0.121. The van der Waals surface area contributed by atoms with Crippen LogP contribution in [0.1, 0.15) is 77.0 Å². The van der Waals surface area contributed by atoms with Gasteiger partial charge in [-0.2, -0.15) is 0 Å². The molecular weight excluding hydrogens is 560 g/mol. The summed E-state index contributed by atoms with van der Waals surface area (Å²) in [5.41, 5.74) is 8.72. The number of primary amides is 1. The Kier molecular flexibility index (Phi) is 9.29. The van der Waals surface area contributed by atoms with E-state index in [4.69, 9.17) is 24.9 Å². The second kappa shape index (κ2) is 13.0. The maximum absolute atomic E-state index is 14.0. The second-order valence-electron chi connectivity index (χ2n) is 13.2. The number of nitrogens with one attached hydrogen (secondary N) is 1. The summed E-state index contributed by atoms with van der Waals surface area (Å²) in [6.07, 6.45) is 2.30. The average molecular weight is 605 g/mol. The Bertz CT molecular complexity index is 1400. The molecule has 3 unspecified atom stereocenters. The van der Waals surface area contributed by atoms with Gasteiger partial charge in [0.25, 0.3) is 0 Å². The molecule has 5 rings (SSSR count). The molecule has 0 aromatic heterocycles. The van der Waals surface area contributed by atoms with Crippen LogP contribution < -0.4 is 15.8 Å². The zero-order valence-corrected chi connectivity index (χ0v) is 26.2. The van der Waals surface area contributed by atoms with Gasteiger partial charge in [0.05, 0.1) is 30.7 Å². The lowest BCUT2D eigenvalue weighted by molar-refractivity contribution is -0.141. The SMILES string of the molecule is COc1ccc2c(c1)N=C(c1ccccc1)C(C)C2OC1C[C@@H](C(N)=O)N(C(=O)[C@@H](NC(=O)OC2CCCC2)C(C)(C)C)C1. The van der Waals surface area contributed by atoms with Crippen molar-refractivity contribution >= 4 is 29.3 Å². The fourth-order valence-corrected chi connectivity index (χ4v) is 6.50. The van der Waals surface area contributed by atoms with Crippen molar-refractivity contribution in [3.8, 4) is 5.75 Å². The van der Waals surface area contributed by atoms with Crippen molar-refractivity contribution in [1.82, 2.24) is 10.2 Å². The second-order valence-corrected chi connectivity index (χ2v) is 13.2. The molecule has 5 atom stereocenters. The average Bonchev–Trinajstić information content (AvgIpc) is 3.67. The van der Waals surface area contributed by atoms with E-state index < -0.39 is 41.7 Å². The molecule has 3 aliphatic rings. The molecule has 1 saturated heterocycles. The quantitative estimate of drug-likeness (QED) is 0.433. The van der Waals surface area contributed by atoms with Crippen molar-refractivity contribution in [3.05, 3.63) is 59.7 Å². The zero-order chi connectivity index (χ0) is 31.6. The fourth-order valence-electron chi connectivity index (χ4n) is 6.50. The fraction of sp³-hybridized carbons (Fsp3) is 0.529. The van der Waals surface area contributed by atoms with E-state index in [-0.39, 0.29) is 30.9 Å². The number of methoxy groups -OCH3 is 1. The number of fused-ring (bicyclic) bond motifs is 1. The molecule has 0 spiro atoms. The van der Waals surface area contributed by atoms with Crippen LogP contribution >= 0.6 is 0 Å². The highest BCUT2D eigenvalue weighted by molar-refractivity contribution is 6.05. The predicted octanol–water partition coefficient (Wildman–Crippen LogP) is 5.06. The Hall–Kier alpha value is -3.92. The van der Waals surface area contributed by atoms with Gasteiger partial charge in [-0.3, -0.25) is 14.6 Å². The van der Waals surface area contributed by atoms with Gasteiger partial charge in [-0.05, 0) is 42.7 Å². The number of amides is 3. The number of aliphatic imine (C=N–C) groups is 1. The maximum Gasteiger partial charge on any atom is 0.408 e.